The normalized spacial score (nSPS) is 10.6. The van der Waals surface area contributed by atoms with Crippen molar-refractivity contribution in [2.24, 2.45) is 0 Å². The summed E-state index contributed by atoms with van der Waals surface area (Å²) in [7, 11) is -2.23. The Bertz CT molecular complexity index is 2100. The van der Waals surface area contributed by atoms with Crippen molar-refractivity contribution in [3.63, 3.8) is 0 Å². The molecule has 0 saturated carbocycles. The van der Waals surface area contributed by atoms with E-state index in [1.165, 1.54) is 16.7 Å². The van der Waals surface area contributed by atoms with Gasteiger partial charge >= 0.3 is 11.8 Å². The molecule has 2 heterocycles. The van der Waals surface area contributed by atoms with Gasteiger partial charge < -0.3 is 24.2 Å². The van der Waals surface area contributed by atoms with Gasteiger partial charge in [0.25, 0.3) is 0 Å². The second kappa shape index (κ2) is 24.3. The number of hydrogen-bond donors (Lipinski definition) is 0. The van der Waals surface area contributed by atoms with Crippen LogP contribution in [-0.4, -0.2) is 27.1 Å². The minimum absolute atomic E-state index is 0.159. The van der Waals surface area contributed by atoms with Crippen LogP contribution in [0.2, 0.25) is 10.0 Å². The number of hydrogen-bond acceptors (Lipinski definition) is 7. The fraction of sp³-hybridized carbons (Fsp3) is 0.167. The minimum atomic E-state index is -2.23. The van der Waals surface area contributed by atoms with Crippen LogP contribution in [0.1, 0.15) is 43.4 Å². The van der Waals surface area contributed by atoms with Crippen molar-refractivity contribution in [1.82, 2.24) is 0 Å². The van der Waals surface area contributed by atoms with Gasteiger partial charge in [-0.2, -0.15) is 0 Å². The molecule has 5 aromatic carbocycles. The molecule has 0 unspecified atom stereocenters. The van der Waals surface area contributed by atoms with E-state index in [-0.39, 0.29) is 12.0 Å². The summed E-state index contributed by atoms with van der Waals surface area (Å²) >= 11 is 11.8. The highest BCUT2D eigenvalue weighted by Gasteiger charge is 2.35. The number of aromatic nitrogens is 2. The first kappa shape index (κ1) is 45.2. The highest BCUT2D eigenvalue weighted by molar-refractivity contribution is 6.31. The van der Waals surface area contributed by atoms with Crippen LogP contribution >= 0.6 is 23.2 Å². The Balaban J connectivity index is 0.000000177. The number of halogens is 2. The molecule has 0 amide bonds. The molecule has 7 rings (SSSR count). The molecule has 7 aromatic rings. The fourth-order valence-corrected chi connectivity index (χ4v) is 6.76. The molecule has 0 bridgehead atoms. The van der Waals surface area contributed by atoms with Crippen LogP contribution in [0.4, 0.5) is 0 Å². The maximum Gasteiger partial charge on any atom is 0.422 e. The molecule has 0 radical (unpaired) electrons. The Morgan fingerprint density at radius 3 is 1.28 bits per heavy atom. The van der Waals surface area contributed by atoms with Crippen molar-refractivity contribution in [1.29, 1.82) is 0 Å². The van der Waals surface area contributed by atoms with Crippen molar-refractivity contribution in [2.45, 2.75) is 32.1 Å². The van der Waals surface area contributed by atoms with Gasteiger partial charge in [0.15, 0.2) is 13.2 Å². The maximum absolute atomic E-state index is 10.7. The molecule has 0 aliphatic carbocycles. The van der Waals surface area contributed by atoms with E-state index >= 15 is 0 Å². The van der Waals surface area contributed by atoms with E-state index in [1.807, 2.05) is 129 Å². The molecule has 12 heteroatoms. The molecule has 9 nitrogen and oxygen atoms in total. The monoisotopic (exact) mass is 844 g/mol. The van der Waals surface area contributed by atoms with Gasteiger partial charge in [-0.3, -0.25) is 9.68 Å². The summed E-state index contributed by atoms with van der Waals surface area (Å²) in [4.78, 5) is 10.8. The Morgan fingerprint density at radius 1 is 0.517 bits per heavy atom. The van der Waals surface area contributed by atoms with E-state index in [1.54, 1.807) is 46.1 Å². The molecule has 0 atom stereocenters. The molecule has 0 spiro atoms. The summed E-state index contributed by atoms with van der Waals surface area (Å²) in [5.41, 5.74) is 3.17. The zero-order valence-corrected chi connectivity index (χ0v) is 35.0. The van der Waals surface area contributed by atoms with E-state index in [0.717, 1.165) is 6.42 Å². The molecule has 60 heavy (non-hydrogen) atoms. The number of nitrogens with zero attached hydrogens (tertiary/aromatic N) is 2. The maximum atomic E-state index is 10.7. The van der Waals surface area contributed by atoms with E-state index in [9.17, 15) is 10.0 Å². The van der Waals surface area contributed by atoms with E-state index in [4.69, 9.17) is 47.0 Å². The van der Waals surface area contributed by atoms with Crippen LogP contribution in [-0.2, 0) is 10.1 Å². The molecular formula is C48H47BCl2N2O7. The highest BCUT2D eigenvalue weighted by Crippen LogP contribution is 2.43. The van der Waals surface area contributed by atoms with Crippen molar-refractivity contribution < 1.29 is 43.3 Å². The van der Waals surface area contributed by atoms with Gasteiger partial charge in [0, 0.05) is 43.7 Å². The quantitative estimate of drug-likeness (QED) is 0.0418. The molecule has 308 valence electrons. The van der Waals surface area contributed by atoms with Crippen LogP contribution in [0.15, 0.2) is 188 Å². The van der Waals surface area contributed by atoms with Crippen LogP contribution in [0.5, 0.6) is 23.3 Å². The third-order valence-corrected chi connectivity index (χ3v) is 9.37. The van der Waals surface area contributed by atoms with Gasteiger partial charge in [0.1, 0.15) is 11.5 Å². The van der Waals surface area contributed by atoms with Gasteiger partial charge in [-0.1, -0.05) is 126 Å². The molecular weight excluding hydrogens is 798 g/mol. The standard InChI is InChI=1S/C22H21BO3.2C13H13ClNO2/c24-23(25)26-18-10-17-22(19-11-4-1-5-12-19,20-13-6-2-7-14-20)21-15-8-3-9-16-21;2*1-2-16-15-9-4-3-8-13(15)17-12-7-5-6-11(14)10-12/h1-9,11-16H,10,17-18H2;2*3-10H,2H2,1H3/q-2;2*+1. The van der Waals surface area contributed by atoms with Crippen LogP contribution in [0, 0.1) is 0 Å². The molecule has 0 aliphatic heterocycles. The lowest BCUT2D eigenvalue weighted by Crippen LogP contribution is -2.48. The van der Waals surface area contributed by atoms with E-state index < -0.39 is 7.32 Å². The van der Waals surface area contributed by atoms with Gasteiger partial charge in [-0.15, -0.1) is 0 Å². The van der Waals surface area contributed by atoms with E-state index in [2.05, 4.69) is 36.4 Å². The number of benzene rings is 5. The topological polar surface area (TPSA) is 100 Å². The minimum Gasteiger partial charge on any atom is -0.871 e. The summed E-state index contributed by atoms with van der Waals surface area (Å²) in [6.45, 7) is 5.14. The zero-order chi connectivity index (χ0) is 42.4. The Morgan fingerprint density at radius 2 is 0.917 bits per heavy atom. The first-order valence-electron chi connectivity index (χ1n) is 19.6. The van der Waals surface area contributed by atoms with Crippen molar-refractivity contribution in [2.75, 3.05) is 19.8 Å². The first-order chi connectivity index (χ1) is 29.3. The summed E-state index contributed by atoms with van der Waals surface area (Å²) in [6.07, 6.45) is 4.93. The predicted octanol–water partition coefficient (Wildman–Crippen LogP) is 8.26. The molecule has 2 aromatic heterocycles. The number of rotatable bonds is 16. The van der Waals surface area contributed by atoms with Gasteiger partial charge in [-0.25, -0.2) is 0 Å². The third kappa shape index (κ3) is 13.6. The summed E-state index contributed by atoms with van der Waals surface area (Å²) < 4.78 is 19.3. The Kier molecular flexibility index (Phi) is 18.3. The lowest BCUT2D eigenvalue weighted by Gasteiger charge is -2.37. The zero-order valence-electron chi connectivity index (χ0n) is 33.5. The average molecular weight is 846 g/mol. The second-order valence-corrected chi connectivity index (χ2v) is 13.8. The average Bonchev–Trinajstić information content (AvgIpc) is 3.27. The fourth-order valence-electron chi connectivity index (χ4n) is 6.40. The Hall–Kier alpha value is -5.88. The van der Waals surface area contributed by atoms with Crippen LogP contribution < -0.4 is 38.7 Å². The van der Waals surface area contributed by atoms with Crippen molar-refractivity contribution >= 4 is 30.5 Å². The molecule has 0 N–H and O–H groups in total. The third-order valence-electron chi connectivity index (χ3n) is 8.90. The predicted molar refractivity (Wildman–Crippen MR) is 231 cm³/mol. The van der Waals surface area contributed by atoms with Gasteiger partial charge in [0.05, 0.1) is 19.5 Å². The van der Waals surface area contributed by atoms with Gasteiger partial charge in [-0.05, 0) is 91.9 Å². The second-order valence-electron chi connectivity index (χ2n) is 13.0. The lowest BCUT2D eigenvalue weighted by atomic mass is 9.67. The summed E-state index contributed by atoms with van der Waals surface area (Å²) in [5.74, 6) is 2.57. The van der Waals surface area contributed by atoms with Gasteiger partial charge in [0.2, 0.25) is 12.4 Å². The van der Waals surface area contributed by atoms with E-state index in [0.29, 0.717) is 52.9 Å². The first-order valence-corrected chi connectivity index (χ1v) is 20.3. The smallest absolute Gasteiger partial charge is 0.422 e. The SMILES string of the molecule is CCO[n+]1ccccc1Oc1cccc(Cl)c1.CCO[n+]1ccccc1Oc1cccc(Cl)c1.[O-]B([O-])OCCCC(c1ccccc1)(c1ccccc1)c1ccccc1. The Labute approximate surface area is 362 Å². The molecule has 0 saturated heterocycles. The van der Waals surface area contributed by atoms with Crippen molar-refractivity contribution in [3.8, 4) is 23.3 Å². The summed E-state index contributed by atoms with van der Waals surface area (Å²) in [6, 6.07) is 56.7. The molecule has 0 aliphatic rings. The lowest BCUT2D eigenvalue weighted by molar-refractivity contribution is -0.892. The molecule has 0 fully saturated rings. The summed E-state index contributed by atoms with van der Waals surface area (Å²) in [5, 5.41) is 22.6. The van der Waals surface area contributed by atoms with Crippen molar-refractivity contribution in [3.05, 3.63) is 215 Å². The number of pyridine rings is 2. The number of ether oxygens (including phenoxy) is 2. The largest absolute Gasteiger partial charge is 0.871 e. The van der Waals surface area contributed by atoms with Crippen LogP contribution in [0.3, 0.4) is 0 Å². The highest BCUT2D eigenvalue weighted by atomic mass is 35.5. The van der Waals surface area contributed by atoms with Crippen LogP contribution in [0.25, 0.3) is 0 Å².